The zero-order valence-electron chi connectivity index (χ0n) is 17.0. The normalized spacial score (nSPS) is 16.6. The van der Waals surface area contributed by atoms with E-state index in [2.05, 4.69) is 38.1 Å². The van der Waals surface area contributed by atoms with Gasteiger partial charge in [0.1, 0.15) is 12.7 Å². The number of hydrogen-bond acceptors (Lipinski definition) is 7. The van der Waals surface area contributed by atoms with Crippen LogP contribution in [0.15, 0.2) is 31.0 Å². The molecule has 0 spiro atoms. The molecule has 1 aliphatic rings. The minimum absolute atomic E-state index is 0.0109. The molecule has 4 N–H and O–H groups in total. The Hall–Kier alpha value is -2.98. The first-order chi connectivity index (χ1) is 14.8. The Labute approximate surface area is 174 Å². The van der Waals surface area contributed by atoms with Crippen molar-refractivity contribution in [3.63, 3.8) is 0 Å². The molecule has 160 valence electrons. The highest BCUT2D eigenvalue weighted by molar-refractivity contribution is 5.93. The van der Waals surface area contributed by atoms with Gasteiger partial charge in [-0.3, -0.25) is 9.36 Å². The lowest BCUT2D eigenvalue weighted by atomic mass is 10.1. The molecule has 4 rings (SSSR count). The molecule has 10 nitrogen and oxygen atoms in total. The zero-order chi connectivity index (χ0) is 20.8. The molecule has 1 atom stereocenters. The third-order valence-corrected chi connectivity index (χ3v) is 5.21. The van der Waals surface area contributed by atoms with Crippen molar-refractivity contribution in [1.29, 1.82) is 0 Å². The second-order valence-corrected chi connectivity index (χ2v) is 7.37. The van der Waals surface area contributed by atoms with E-state index in [9.17, 15) is 4.79 Å². The van der Waals surface area contributed by atoms with Gasteiger partial charge in [-0.05, 0) is 37.8 Å². The number of nitrogens with two attached hydrogens (primary N) is 1. The SMILES string of the molecule is NCCC(=O)NCCCNc1cc(-n2cnnc2)cc2c1cnn2C1CCCCO1. The minimum Gasteiger partial charge on any atom is -0.384 e. The maximum absolute atomic E-state index is 11.5. The lowest BCUT2D eigenvalue weighted by Gasteiger charge is -2.23. The van der Waals surface area contributed by atoms with Crippen molar-refractivity contribution < 1.29 is 9.53 Å². The number of carbonyl (C=O) groups is 1. The van der Waals surface area contributed by atoms with Crippen LogP contribution in [-0.2, 0) is 9.53 Å². The summed E-state index contributed by atoms with van der Waals surface area (Å²) >= 11 is 0. The Balaban J connectivity index is 1.53. The summed E-state index contributed by atoms with van der Waals surface area (Å²) in [4.78, 5) is 11.5. The lowest BCUT2D eigenvalue weighted by Crippen LogP contribution is -2.27. The summed E-state index contributed by atoms with van der Waals surface area (Å²) in [5.41, 5.74) is 8.33. The summed E-state index contributed by atoms with van der Waals surface area (Å²) < 4.78 is 9.80. The van der Waals surface area contributed by atoms with Gasteiger partial charge in [-0.1, -0.05) is 0 Å². The number of rotatable bonds is 9. The molecule has 2 aromatic heterocycles. The van der Waals surface area contributed by atoms with Crippen LogP contribution in [-0.4, -0.2) is 56.7 Å². The fraction of sp³-hybridized carbons (Fsp3) is 0.500. The Morgan fingerprint density at radius 3 is 2.87 bits per heavy atom. The highest BCUT2D eigenvalue weighted by atomic mass is 16.5. The van der Waals surface area contributed by atoms with Crippen LogP contribution in [0.4, 0.5) is 5.69 Å². The second kappa shape index (κ2) is 9.68. The molecular formula is C20H28N8O2. The van der Waals surface area contributed by atoms with Crippen LogP contribution in [0.25, 0.3) is 16.6 Å². The maximum atomic E-state index is 11.5. The number of anilines is 1. The van der Waals surface area contributed by atoms with Crippen LogP contribution < -0.4 is 16.4 Å². The number of aromatic nitrogens is 5. The van der Waals surface area contributed by atoms with Crippen molar-refractivity contribution in [2.75, 3.05) is 31.6 Å². The van der Waals surface area contributed by atoms with Crippen molar-refractivity contribution in [3.8, 4) is 5.69 Å². The molecule has 1 aliphatic heterocycles. The first-order valence-corrected chi connectivity index (χ1v) is 10.4. The van der Waals surface area contributed by atoms with Gasteiger partial charge in [0.05, 0.1) is 17.4 Å². The molecule has 1 amide bonds. The molecule has 1 aromatic carbocycles. The van der Waals surface area contributed by atoms with Crippen molar-refractivity contribution in [2.24, 2.45) is 5.73 Å². The van der Waals surface area contributed by atoms with Gasteiger partial charge in [-0.15, -0.1) is 10.2 Å². The van der Waals surface area contributed by atoms with E-state index in [1.165, 1.54) is 0 Å². The Morgan fingerprint density at radius 2 is 2.10 bits per heavy atom. The Kier molecular flexibility index (Phi) is 6.55. The van der Waals surface area contributed by atoms with E-state index in [-0.39, 0.29) is 12.1 Å². The van der Waals surface area contributed by atoms with Gasteiger partial charge in [0.15, 0.2) is 6.23 Å². The molecule has 0 radical (unpaired) electrons. The Bertz CT molecular complexity index is 963. The zero-order valence-corrected chi connectivity index (χ0v) is 17.0. The van der Waals surface area contributed by atoms with Crippen molar-refractivity contribution in [2.45, 2.75) is 38.3 Å². The van der Waals surface area contributed by atoms with Crippen molar-refractivity contribution >= 4 is 22.5 Å². The molecule has 3 aromatic rings. The molecular weight excluding hydrogens is 384 g/mol. The minimum atomic E-state index is -0.0435. The number of amides is 1. The lowest BCUT2D eigenvalue weighted by molar-refractivity contribution is -0.120. The topological polar surface area (TPSA) is 125 Å². The van der Waals surface area contributed by atoms with Crippen LogP contribution >= 0.6 is 0 Å². The predicted molar refractivity (Wildman–Crippen MR) is 113 cm³/mol. The van der Waals surface area contributed by atoms with Gasteiger partial charge in [-0.25, -0.2) is 4.68 Å². The van der Waals surface area contributed by atoms with Gasteiger partial charge >= 0.3 is 0 Å². The van der Waals surface area contributed by atoms with E-state index in [1.807, 2.05) is 15.4 Å². The number of carbonyl (C=O) groups excluding carboxylic acids is 1. The van der Waals surface area contributed by atoms with Crippen LogP contribution in [0.2, 0.25) is 0 Å². The van der Waals surface area contributed by atoms with Crippen molar-refractivity contribution in [1.82, 2.24) is 29.9 Å². The van der Waals surface area contributed by atoms with Gasteiger partial charge in [0, 0.05) is 43.7 Å². The molecule has 30 heavy (non-hydrogen) atoms. The van der Waals surface area contributed by atoms with Crippen LogP contribution in [0.5, 0.6) is 0 Å². The van der Waals surface area contributed by atoms with E-state index in [0.29, 0.717) is 19.5 Å². The Morgan fingerprint density at radius 1 is 1.23 bits per heavy atom. The molecule has 1 unspecified atom stereocenters. The molecule has 0 bridgehead atoms. The summed E-state index contributed by atoms with van der Waals surface area (Å²) in [6.45, 7) is 2.45. The second-order valence-electron chi connectivity index (χ2n) is 7.37. The largest absolute Gasteiger partial charge is 0.384 e. The molecule has 1 fully saturated rings. The number of hydrogen-bond donors (Lipinski definition) is 3. The van der Waals surface area contributed by atoms with Crippen LogP contribution in [0, 0.1) is 0 Å². The molecule has 0 aliphatic carbocycles. The quantitative estimate of drug-likeness (QED) is 0.456. The van der Waals surface area contributed by atoms with Gasteiger partial charge in [-0.2, -0.15) is 5.10 Å². The summed E-state index contributed by atoms with van der Waals surface area (Å²) in [5.74, 6) is -0.0109. The maximum Gasteiger partial charge on any atom is 0.221 e. The van der Waals surface area contributed by atoms with Gasteiger partial charge in [0.2, 0.25) is 5.91 Å². The summed E-state index contributed by atoms with van der Waals surface area (Å²) in [5, 5.41) is 19.9. The van der Waals surface area contributed by atoms with Crippen molar-refractivity contribution in [3.05, 3.63) is 31.0 Å². The van der Waals surface area contributed by atoms with Gasteiger partial charge in [0.25, 0.3) is 0 Å². The number of benzene rings is 1. The summed E-state index contributed by atoms with van der Waals surface area (Å²) in [7, 11) is 0. The predicted octanol–water partition coefficient (Wildman–Crippen LogP) is 1.58. The van der Waals surface area contributed by atoms with Crippen LogP contribution in [0.1, 0.15) is 38.3 Å². The number of nitrogens with one attached hydrogen (secondary N) is 2. The first kappa shape index (κ1) is 20.3. The fourth-order valence-electron chi connectivity index (χ4n) is 3.66. The van der Waals surface area contributed by atoms with E-state index >= 15 is 0 Å². The number of fused-ring (bicyclic) bond motifs is 1. The average Bonchev–Trinajstić information content (AvgIpc) is 3.44. The molecule has 0 saturated carbocycles. The molecule has 10 heteroatoms. The summed E-state index contributed by atoms with van der Waals surface area (Å²) in [6, 6.07) is 4.15. The number of nitrogens with zero attached hydrogens (tertiary/aromatic N) is 5. The van der Waals surface area contributed by atoms with E-state index < -0.39 is 0 Å². The van der Waals surface area contributed by atoms with E-state index in [1.54, 1.807) is 12.7 Å². The highest BCUT2D eigenvalue weighted by Gasteiger charge is 2.20. The average molecular weight is 412 g/mol. The molecule has 3 heterocycles. The molecule has 1 saturated heterocycles. The van der Waals surface area contributed by atoms with E-state index in [4.69, 9.17) is 10.5 Å². The first-order valence-electron chi connectivity index (χ1n) is 10.4. The number of ether oxygens (including phenoxy) is 1. The third kappa shape index (κ3) is 4.60. The fourth-order valence-corrected chi connectivity index (χ4v) is 3.66. The van der Waals surface area contributed by atoms with E-state index in [0.717, 1.165) is 61.1 Å². The highest BCUT2D eigenvalue weighted by Crippen LogP contribution is 2.31. The third-order valence-electron chi connectivity index (χ3n) is 5.21. The summed E-state index contributed by atoms with van der Waals surface area (Å²) in [6.07, 6.45) is 9.54. The standard InChI is InChI=1S/C20H28N8O2/c21-6-5-19(29)23-8-3-7-22-17-10-15(27-13-24-25-14-27)11-18-16(17)12-26-28(18)20-4-1-2-9-30-20/h10-14,20,22H,1-9,21H2,(H,23,29). The van der Waals surface area contributed by atoms with Gasteiger partial charge < -0.3 is 21.1 Å². The smallest absolute Gasteiger partial charge is 0.221 e. The van der Waals surface area contributed by atoms with Crippen LogP contribution in [0.3, 0.4) is 0 Å². The monoisotopic (exact) mass is 412 g/mol.